The number of carbonyl (C=O) groups excluding carboxylic acids is 1. The van der Waals surface area contributed by atoms with Crippen LogP contribution in [0.3, 0.4) is 0 Å². The van der Waals surface area contributed by atoms with Crippen LogP contribution < -0.4 is 15.4 Å². The van der Waals surface area contributed by atoms with Crippen LogP contribution in [-0.4, -0.2) is 94.3 Å². The van der Waals surface area contributed by atoms with Gasteiger partial charge >= 0.3 is 0 Å². The van der Waals surface area contributed by atoms with Crippen LogP contribution in [-0.2, 0) is 9.53 Å². The van der Waals surface area contributed by atoms with Crippen LogP contribution in [0.1, 0.15) is 19.8 Å². The smallest absolute Gasteiger partial charge is 0.243 e. The third kappa shape index (κ3) is 9.52. The summed E-state index contributed by atoms with van der Waals surface area (Å²) in [5.41, 5.74) is 0. The number of carbonyl (C=O) groups is 1. The molecule has 1 aliphatic heterocycles. The van der Waals surface area contributed by atoms with E-state index in [9.17, 15) is 9.18 Å². The van der Waals surface area contributed by atoms with E-state index in [2.05, 4.69) is 20.5 Å². The van der Waals surface area contributed by atoms with E-state index in [4.69, 9.17) is 9.47 Å². The Kier molecular flexibility index (Phi) is 11.1. The molecular formula is C22H36FN5O3. The van der Waals surface area contributed by atoms with Crippen molar-refractivity contribution < 1.29 is 18.7 Å². The first kappa shape index (κ1) is 24.9. The molecule has 0 bridgehead atoms. The minimum absolute atomic E-state index is 0.0523. The minimum Gasteiger partial charge on any atom is -0.486 e. The predicted molar refractivity (Wildman–Crippen MR) is 120 cm³/mol. The molecule has 0 aliphatic carbocycles. The van der Waals surface area contributed by atoms with Gasteiger partial charge in [-0.3, -0.25) is 9.69 Å². The molecule has 174 valence electrons. The lowest BCUT2D eigenvalue weighted by molar-refractivity contribution is -0.127. The van der Waals surface area contributed by atoms with E-state index in [1.807, 2.05) is 6.92 Å². The fraction of sp³-hybridized carbons (Fsp3) is 0.636. The number of aliphatic imine (C=N–C) groups is 1. The van der Waals surface area contributed by atoms with Crippen molar-refractivity contribution in [1.29, 1.82) is 0 Å². The SMILES string of the molecule is CCC(CNC(=NCC(=O)N(C)C)NCCCN1CCOCC1)Oc1ccccc1F. The normalized spacial score (nSPS) is 15.9. The van der Waals surface area contributed by atoms with Crippen molar-refractivity contribution in [2.24, 2.45) is 4.99 Å². The molecular weight excluding hydrogens is 401 g/mol. The Morgan fingerprint density at radius 1 is 1.29 bits per heavy atom. The molecule has 0 aromatic heterocycles. The lowest BCUT2D eigenvalue weighted by atomic mass is 10.2. The Hall–Kier alpha value is -2.39. The minimum atomic E-state index is -0.382. The maximum absolute atomic E-state index is 13.9. The third-order valence-corrected chi connectivity index (χ3v) is 5.00. The maximum atomic E-state index is 13.9. The van der Waals surface area contributed by atoms with Gasteiger partial charge in [-0.2, -0.15) is 0 Å². The van der Waals surface area contributed by atoms with Crippen LogP contribution in [0, 0.1) is 5.82 Å². The molecule has 1 atom stereocenters. The first-order chi connectivity index (χ1) is 15.0. The van der Waals surface area contributed by atoms with Crippen molar-refractivity contribution in [3.63, 3.8) is 0 Å². The molecule has 0 spiro atoms. The average Bonchev–Trinajstić information content (AvgIpc) is 2.78. The number of nitrogens with zero attached hydrogens (tertiary/aromatic N) is 3. The topological polar surface area (TPSA) is 78.4 Å². The molecule has 1 unspecified atom stereocenters. The molecule has 1 saturated heterocycles. The van der Waals surface area contributed by atoms with Crippen molar-refractivity contribution in [3.05, 3.63) is 30.1 Å². The lowest BCUT2D eigenvalue weighted by Crippen LogP contribution is -2.44. The van der Waals surface area contributed by atoms with E-state index in [1.165, 1.54) is 11.0 Å². The molecule has 0 radical (unpaired) electrons. The van der Waals surface area contributed by atoms with E-state index in [-0.39, 0.29) is 30.1 Å². The summed E-state index contributed by atoms with van der Waals surface area (Å²) >= 11 is 0. The molecule has 1 fully saturated rings. The first-order valence-electron chi connectivity index (χ1n) is 10.9. The quantitative estimate of drug-likeness (QED) is 0.309. The van der Waals surface area contributed by atoms with E-state index in [0.717, 1.165) is 45.8 Å². The number of halogens is 1. The average molecular weight is 438 g/mol. The number of morpholine rings is 1. The van der Waals surface area contributed by atoms with Crippen molar-refractivity contribution in [2.75, 3.05) is 66.6 Å². The highest BCUT2D eigenvalue weighted by Crippen LogP contribution is 2.17. The van der Waals surface area contributed by atoms with Crippen molar-refractivity contribution >= 4 is 11.9 Å². The molecule has 1 aliphatic rings. The Balaban J connectivity index is 1.86. The third-order valence-electron chi connectivity index (χ3n) is 5.00. The van der Waals surface area contributed by atoms with Crippen LogP contribution in [0.2, 0.25) is 0 Å². The highest BCUT2D eigenvalue weighted by Gasteiger charge is 2.13. The van der Waals surface area contributed by atoms with E-state index in [1.54, 1.807) is 32.3 Å². The molecule has 2 rings (SSSR count). The summed E-state index contributed by atoms with van der Waals surface area (Å²) in [7, 11) is 3.41. The van der Waals surface area contributed by atoms with Gasteiger partial charge < -0.3 is 25.0 Å². The number of rotatable bonds is 11. The van der Waals surface area contributed by atoms with Crippen LogP contribution in [0.4, 0.5) is 4.39 Å². The van der Waals surface area contributed by atoms with Gasteiger partial charge in [-0.25, -0.2) is 9.38 Å². The number of benzene rings is 1. The number of hydrogen-bond acceptors (Lipinski definition) is 5. The van der Waals surface area contributed by atoms with Crippen molar-refractivity contribution in [1.82, 2.24) is 20.4 Å². The number of likely N-dealkylation sites (N-methyl/N-ethyl adjacent to an activating group) is 1. The molecule has 0 saturated carbocycles. The monoisotopic (exact) mass is 437 g/mol. The molecule has 8 nitrogen and oxygen atoms in total. The van der Waals surface area contributed by atoms with Gasteiger partial charge in [0.2, 0.25) is 5.91 Å². The van der Waals surface area contributed by atoms with E-state index >= 15 is 0 Å². The summed E-state index contributed by atoms with van der Waals surface area (Å²) in [4.78, 5) is 20.2. The number of guanidine groups is 1. The molecule has 1 heterocycles. The van der Waals surface area contributed by atoms with Gasteiger partial charge in [-0.1, -0.05) is 19.1 Å². The molecule has 2 N–H and O–H groups in total. The van der Waals surface area contributed by atoms with Gasteiger partial charge in [0, 0.05) is 33.7 Å². The van der Waals surface area contributed by atoms with Crippen molar-refractivity contribution in [3.8, 4) is 5.75 Å². The van der Waals surface area contributed by atoms with Gasteiger partial charge in [0.15, 0.2) is 17.5 Å². The molecule has 9 heteroatoms. The van der Waals surface area contributed by atoms with Crippen LogP contribution in [0.5, 0.6) is 5.75 Å². The zero-order valence-electron chi connectivity index (χ0n) is 18.9. The molecule has 1 amide bonds. The fourth-order valence-electron chi connectivity index (χ4n) is 3.00. The fourth-order valence-corrected chi connectivity index (χ4v) is 3.00. The van der Waals surface area contributed by atoms with E-state index in [0.29, 0.717) is 18.9 Å². The Morgan fingerprint density at radius 3 is 2.71 bits per heavy atom. The Labute approximate surface area is 184 Å². The number of amides is 1. The van der Waals surface area contributed by atoms with Crippen molar-refractivity contribution in [2.45, 2.75) is 25.9 Å². The van der Waals surface area contributed by atoms with Gasteiger partial charge in [-0.05, 0) is 31.5 Å². The highest BCUT2D eigenvalue weighted by molar-refractivity contribution is 5.84. The van der Waals surface area contributed by atoms with Gasteiger partial charge in [-0.15, -0.1) is 0 Å². The summed E-state index contributed by atoms with van der Waals surface area (Å²) in [6, 6.07) is 6.38. The summed E-state index contributed by atoms with van der Waals surface area (Å²) < 4.78 is 25.1. The van der Waals surface area contributed by atoms with Crippen LogP contribution in [0.25, 0.3) is 0 Å². The number of nitrogens with one attached hydrogen (secondary N) is 2. The standard InChI is InChI=1S/C22H36FN5O3/c1-4-18(31-20-9-6-5-8-19(20)23)16-25-22(26-17-21(29)27(2)3)24-10-7-11-28-12-14-30-15-13-28/h5-6,8-9,18H,4,7,10-17H2,1-3H3,(H2,24,25,26). The van der Waals surface area contributed by atoms with Gasteiger partial charge in [0.25, 0.3) is 0 Å². The van der Waals surface area contributed by atoms with Crippen LogP contribution >= 0.6 is 0 Å². The Morgan fingerprint density at radius 2 is 2.03 bits per heavy atom. The maximum Gasteiger partial charge on any atom is 0.243 e. The predicted octanol–water partition coefficient (Wildman–Crippen LogP) is 1.33. The largest absolute Gasteiger partial charge is 0.486 e. The highest BCUT2D eigenvalue weighted by atomic mass is 19.1. The zero-order chi connectivity index (χ0) is 22.5. The summed E-state index contributed by atoms with van der Waals surface area (Å²) in [5.74, 6) is 0.320. The molecule has 1 aromatic rings. The van der Waals surface area contributed by atoms with Crippen LogP contribution in [0.15, 0.2) is 29.3 Å². The van der Waals surface area contributed by atoms with E-state index < -0.39 is 0 Å². The van der Waals surface area contributed by atoms with Gasteiger partial charge in [0.1, 0.15) is 12.6 Å². The second-order valence-corrected chi connectivity index (χ2v) is 7.65. The van der Waals surface area contributed by atoms with Gasteiger partial charge in [0.05, 0.1) is 19.8 Å². The second kappa shape index (κ2) is 13.8. The Bertz CT molecular complexity index is 695. The number of hydrogen-bond donors (Lipinski definition) is 2. The number of ether oxygens (including phenoxy) is 2. The number of para-hydroxylation sites is 1. The summed E-state index contributed by atoms with van der Waals surface area (Å²) in [5, 5.41) is 6.52. The second-order valence-electron chi connectivity index (χ2n) is 7.65. The molecule has 1 aromatic carbocycles. The molecule has 31 heavy (non-hydrogen) atoms. The summed E-state index contributed by atoms with van der Waals surface area (Å²) in [6.07, 6.45) is 1.41. The summed E-state index contributed by atoms with van der Waals surface area (Å²) in [6.45, 7) is 7.68. The first-order valence-corrected chi connectivity index (χ1v) is 10.9. The lowest BCUT2D eigenvalue weighted by Gasteiger charge is -2.26. The zero-order valence-corrected chi connectivity index (χ0v) is 18.9.